The van der Waals surface area contributed by atoms with E-state index in [1.165, 1.54) is 0 Å². The summed E-state index contributed by atoms with van der Waals surface area (Å²) in [4.78, 5) is 0. The zero-order valence-corrected chi connectivity index (χ0v) is 6.65. The molecule has 7 nitrogen and oxygen atoms in total. The van der Waals surface area contributed by atoms with Crippen LogP contribution < -0.4 is 16.9 Å². The van der Waals surface area contributed by atoms with Crippen molar-refractivity contribution in [1.29, 1.82) is 0 Å². The van der Waals surface area contributed by atoms with Gasteiger partial charge in [-0.05, 0) is 0 Å². The van der Waals surface area contributed by atoms with Crippen molar-refractivity contribution in [2.24, 2.45) is 11.5 Å². The Labute approximate surface area is 68.3 Å². The molecule has 0 aliphatic rings. The van der Waals surface area contributed by atoms with Gasteiger partial charge in [0.05, 0.1) is 0 Å². The molecule has 6 N–H and O–H groups in total. The molecule has 0 aromatic rings. The van der Waals surface area contributed by atoms with Crippen molar-refractivity contribution in [3.63, 3.8) is 0 Å². The van der Waals surface area contributed by atoms with E-state index < -0.39 is 10.4 Å². The van der Waals surface area contributed by atoms with Crippen LogP contribution in [-0.4, -0.2) is 23.5 Å². The van der Waals surface area contributed by atoms with Crippen LogP contribution in [0.2, 0.25) is 0 Å². The monoisotopic (exact) mass is 211 g/mol. The van der Waals surface area contributed by atoms with Gasteiger partial charge >= 0.3 is 5.96 Å². The number of hydrogen-bond acceptors (Lipinski definition) is 4. The third-order valence-electron chi connectivity index (χ3n) is 0. The fourth-order valence-electron chi connectivity index (χ4n) is 0. The van der Waals surface area contributed by atoms with Gasteiger partial charge in [0, 0.05) is 27.5 Å². The van der Waals surface area contributed by atoms with E-state index in [2.05, 4.69) is 16.9 Å². The SMILES string of the molecule is NC(N)=[NH2+].O=S(=O)([O-])[O-].[Mn]. The Morgan fingerprint density at radius 1 is 1.30 bits per heavy atom. The maximum atomic E-state index is 8.52. The predicted octanol–water partition coefficient (Wildman–Crippen LogP) is -4.32. The van der Waals surface area contributed by atoms with Gasteiger partial charge in [0.25, 0.3) is 0 Å². The van der Waals surface area contributed by atoms with Crippen LogP contribution in [0.5, 0.6) is 0 Å². The molecule has 0 unspecified atom stereocenters. The van der Waals surface area contributed by atoms with E-state index in [1.54, 1.807) is 0 Å². The third-order valence-corrected chi connectivity index (χ3v) is 0. The predicted molar refractivity (Wildman–Crippen MR) is 25.8 cm³/mol. The first-order valence-corrected chi connectivity index (χ1v) is 2.87. The normalized spacial score (nSPS) is 8.20. The molecule has 0 aliphatic carbocycles. The average Bonchev–Trinajstić information content (AvgIpc) is 1.19. The standard InChI is InChI=1S/CH5N3.Mn.H2O4S/c2-1(3)4;;1-5(2,3)4/h(H5,2,3,4);;(H2,1,2,3,4)/p-1. The van der Waals surface area contributed by atoms with Crippen LogP contribution in [0.1, 0.15) is 0 Å². The second-order valence-corrected chi connectivity index (χ2v) is 1.72. The zero-order valence-electron chi connectivity index (χ0n) is 4.65. The van der Waals surface area contributed by atoms with Crippen molar-refractivity contribution < 1.29 is 40.0 Å². The van der Waals surface area contributed by atoms with Gasteiger partial charge in [-0.2, -0.15) is 0 Å². The van der Waals surface area contributed by atoms with Crippen molar-refractivity contribution in [3.8, 4) is 0 Å². The molecule has 0 bridgehead atoms. The fraction of sp³-hybridized carbons (Fsp3) is 0. The fourth-order valence-corrected chi connectivity index (χ4v) is 0. The van der Waals surface area contributed by atoms with E-state index in [0.29, 0.717) is 0 Å². The summed E-state index contributed by atoms with van der Waals surface area (Å²) >= 11 is 0. The molecule has 9 heteroatoms. The van der Waals surface area contributed by atoms with Crippen LogP contribution in [0, 0.1) is 0 Å². The molecule has 0 atom stereocenters. The average molecular weight is 211 g/mol. The Morgan fingerprint density at radius 3 is 1.30 bits per heavy atom. The molecular weight excluding hydrogens is 205 g/mol. The molecule has 0 spiro atoms. The van der Waals surface area contributed by atoms with E-state index >= 15 is 0 Å². The van der Waals surface area contributed by atoms with Crippen LogP contribution >= 0.6 is 0 Å². The molecular formula is CH6MnN3O4S-. The summed E-state index contributed by atoms with van der Waals surface area (Å²) in [7, 11) is -5.17. The summed E-state index contributed by atoms with van der Waals surface area (Å²) in [5.74, 6) is -0.0833. The number of rotatable bonds is 0. The first-order valence-electron chi connectivity index (χ1n) is 1.53. The summed E-state index contributed by atoms with van der Waals surface area (Å²) in [6, 6.07) is 0. The van der Waals surface area contributed by atoms with Crippen LogP contribution in [-0.2, 0) is 27.5 Å². The molecule has 0 amide bonds. The van der Waals surface area contributed by atoms with Crippen LogP contribution in [0.4, 0.5) is 0 Å². The largest absolute Gasteiger partial charge is 0.759 e. The van der Waals surface area contributed by atoms with E-state index in [4.69, 9.17) is 17.5 Å². The molecule has 63 valence electrons. The minimum absolute atomic E-state index is 0. The molecule has 0 saturated heterocycles. The minimum atomic E-state index is -5.17. The van der Waals surface area contributed by atoms with E-state index in [1.807, 2.05) is 0 Å². The van der Waals surface area contributed by atoms with Gasteiger partial charge in [0.2, 0.25) is 0 Å². The Bertz CT molecular complexity index is 163. The third kappa shape index (κ3) is 2930. The Hall–Kier alpha value is -0.341. The molecule has 0 heterocycles. The number of nitrogens with two attached hydrogens (primary N) is 3. The van der Waals surface area contributed by atoms with E-state index in [9.17, 15) is 0 Å². The second-order valence-electron chi connectivity index (χ2n) is 0.908. The molecule has 0 saturated carbocycles. The minimum Gasteiger partial charge on any atom is -0.759 e. The summed E-state index contributed by atoms with van der Waals surface area (Å²) in [5, 5.41) is 4.58. The summed E-state index contributed by atoms with van der Waals surface area (Å²) in [6.45, 7) is 0. The van der Waals surface area contributed by atoms with Crippen LogP contribution in [0.3, 0.4) is 0 Å². The maximum absolute atomic E-state index is 8.52. The van der Waals surface area contributed by atoms with Crippen molar-refractivity contribution in [3.05, 3.63) is 0 Å². The number of hydrogen-bond donors (Lipinski definition) is 3. The second kappa shape index (κ2) is 6.77. The zero-order chi connectivity index (χ0) is 8.08. The smallest absolute Gasteiger partial charge is 0.336 e. The van der Waals surface area contributed by atoms with Gasteiger partial charge < -0.3 is 9.11 Å². The van der Waals surface area contributed by atoms with Gasteiger partial charge in [0.1, 0.15) is 0 Å². The van der Waals surface area contributed by atoms with E-state index in [0.717, 1.165) is 0 Å². The van der Waals surface area contributed by atoms with Crippen molar-refractivity contribution >= 4 is 16.4 Å². The Balaban J connectivity index is -0.0000000910. The quantitative estimate of drug-likeness (QED) is 0.121. The summed E-state index contributed by atoms with van der Waals surface area (Å²) in [6.07, 6.45) is 0. The van der Waals surface area contributed by atoms with Gasteiger partial charge in [-0.3, -0.25) is 25.3 Å². The first-order chi connectivity index (χ1) is 3.73. The molecule has 0 aliphatic heterocycles. The van der Waals surface area contributed by atoms with Crippen molar-refractivity contribution in [2.45, 2.75) is 0 Å². The summed E-state index contributed by atoms with van der Waals surface area (Å²) < 4.78 is 34.1. The molecule has 0 aromatic carbocycles. The van der Waals surface area contributed by atoms with Gasteiger partial charge in [-0.1, -0.05) is 0 Å². The van der Waals surface area contributed by atoms with Gasteiger partial charge in [-0.25, -0.2) is 0 Å². The van der Waals surface area contributed by atoms with Crippen molar-refractivity contribution in [2.75, 3.05) is 0 Å². The van der Waals surface area contributed by atoms with Gasteiger partial charge in [-0.15, -0.1) is 0 Å². The molecule has 0 aromatic heterocycles. The molecule has 0 fully saturated rings. The van der Waals surface area contributed by atoms with Crippen LogP contribution in [0.15, 0.2) is 0 Å². The first kappa shape index (κ1) is 16.3. The number of guanidine groups is 1. The molecule has 1 radical (unpaired) electrons. The Morgan fingerprint density at radius 2 is 1.30 bits per heavy atom. The Kier molecular flexibility index (Phi) is 11.1. The van der Waals surface area contributed by atoms with Crippen molar-refractivity contribution in [1.82, 2.24) is 0 Å². The summed E-state index contributed by atoms with van der Waals surface area (Å²) in [5.41, 5.74) is 9.17. The topological polar surface area (TPSA) is 158 Å². The maximum Gasteiger partial charge on any atom is 0.336 e. The van der Waals surface area contributed by atoms with Gasteiger partial charge in [0.15, 0.2) is 0 Å². The molecule has 10 heavy (non-hydrogen) atoms. The van der Waals surface area contributed by atoms with Crippen LogP contribution in [0.25, 0.3) is 0 Å². The molecule has 0 rings (SSSR count). The van der Waals surface area contributed by atoms with E-state index in [-0.39, 0.29) is 23.0 Å².